The first-order valence-corrected chi connectivity index (χ1v) is 6.58. The average molecular weight is 234 g/mol. The van der Waals surface area contributed by atoms with Crippen LogP contribution in [0.3, 0.4) is 0 Å². The van der Waals surface area contributed by atoms with E-state index in [1.54, 1.807) is 0 Å². The van der Waals surface area contributed by atoms with Gasteiger partial charge in [-0.15, -0.1) is 0 Å². The van der Waals surface area contributed by atoms with Gasteiger partial charge in [0.25, 0.3) is 0 Å². The van der Waals surface area contributed by atoms with Crippen LogP contribution in [0.4, 0.5) is 0 Å². The fraction of sp³-hybridized carbons (Fsp3) is 0.714. The van der Waals surface area contributed by atoms with Gasteiger partial charge in [-0.05, 0) is 32.1 Å². The second-order valence-corrected chi connectivity index (χ2v) is 5.55. The van der Waals surface area contributed by atoms with E-state index in [9.17, 15) is 9.59 Å². The molecular weight excluding hydrogens is 216 g/mol. The minimum Gasteiger partial charge on any atom is -0.462 e. The Morgan fingerprint density at radius 2 is 2.24 bits per heavy atom. The van der Waals surface area contributed by atoms with Crippen LogP contribution in [0.2, 0.25) is 0 Å². The molecule has 0 aromatic carbocycles. The molecule has 0 spiro atoms. The predicted octanol–water partition coefficient (Wildman–Crippen LogP) is 2.11. The van der Waals surface area contributed by atoms with E-state index in [-0.39, 0.29) is 29.8 Å². The minimum atomic E-state index is -0.162. The van der Waals surface area contributed by atoms with E-state index in [1.807, 2.05) is 6.92 Å². The van der Waals surface area contributed by atoms with Gasteiger partial charge >= 0.3 is 5.97 Å². The molecule has 5 atom stereocenters. The molecule has 3 rings (SSSR count). The summed E-state index contributed by atoms with van der Waals surface area (Å²) < 4.78 is 5.30. The molecule has 0 radical (unpaired) electrons. The van der Waals surface area contributed by atoms with Gasteiger partial charge in [0.15, 0.2) is 0 Å². The monoisotopic (exact) mass is 234 g/mol. The van der Waals surface area contributed by atoms with Crippen LogP contribution in [0.15, 0.2) is 11.6 Å². The Morgan fingerprint density at radius 1 is 1.41 bits per heavy atom. The number of allylic oxidation sites excluding steroid dienone is 1. The second kappa shape index (κ2) is 3.97. The van der Waals surface area contributed by atoms with Crippen LogP contribution in [-0.4, -0.2) is 18.4 Å². The number of aldehydes is 1. The number of carbonyl (C=O) groups excluding carboxylic acids is 2. The van der Waals surface area contributed by atoms with Crippen molar-refractivity contribution in [1.29, 1.82) is 0 Å². The first kappa shape index (κ1) is 11.0. The zero-order chi connectivity index (χ0) is 12.0. The van der Waals surface area contributed by atoms with E-state index in [0.29, 0.717) is 5.92 Å². The van der Waals surface area contributed by atoms with Crippen molar-refractivity contribution in [3.05, 3.63) is 11.6 Å². The topological polar surface area (TPSA) is 43.4 Å². The maximum Gasteiger partial charge on any atom is 0.313 e. The van der Waals surface area contributed by atoms with Crippen molar-refractivity contribution in [3.8, 4) is 0 Å². The molecule has 2 fully saturated rings. The predicted molar refractivity (Wildman–Crippen MR) is 62.1 cm³/mol. The van der Waals surface area contributed by atoms with Crippen molar-refractivity contribution in [2.75, 3.05) is 0 Å². The molecule has 17 heavy (non-hydrogen) atoms. The Kier molecular flexibility index (Phi) is 2.57. The van der Waals surface area contributed by atoms with E-state index in [2.05, 4.69) is 6.08 Å². The summed E-state index contributed by atoms with van der Waals surface area (Å²) in [7, 11) is 0. The molecule has 2 aliphatic carbocycles. The molecule has 0 N–H and O–H groups in total. The lowest BCUT2D eigenvalue weighted by atomic mass is 9.63. The maximum atomic E-state index is 11.8. The number of cyclic esters (lactones) is 1. The molecule has 1 saturated heterocycles. The maximum absolute atomic E-state index is 11.8. The smallest absolute Gasteiger partial charge is 0.313 e. The molecule has 0 unspecified atom stereocenters. The highest BCUT2D eigenvalue weighted by Crippen LogP contribution is 2.48. The summed E-state index contributed by atoms with van der Waals surface area (Å²) in [6.45, 7) is 1.92. The zero-order valence-electron chi connectivity index (χ0n) is 10.1. The van der Waals surface area contributed by atoms with Crippen molar-refractivity contribution in [3.63, 3.8) is 0 Å². The first-order chi connectivity index (χ1) is 8.22. The number of carbonyl (C=O) groups is 2. The number of hydrogen-bond acceptors (Lipinski definition) is 3. The lowest BCUT2D eigenvalue weighted by Crippen LogP contribution is -2.38. The van der Waals surface area contributed by atoms with Crippen LogP contribution in [0.5, 0.6) is 0 Å². The third-order valence-electron chi connectivity index (χ3n) is 4.70. The summed E-state index contributed by atoms with van der Waals surface area (Å²) in [5.41, 5.74) is 1.33. The number of hydrogen-bond donors (Lipinski definition) is 0. The molecule has 0 aromatic rings. The van der Waals surface area contributed by atoms with Crippen molar-refractivity contribution in [2.45, 2.75) is 38.7 Å². The minimum absolute atomic E-state index is 0.0123. The highest BCUT2D eigenvalue weighted by molar-refractivity contribution is 5.79. The molecule has 3 heteroatoms. The van der Waals surface area contributed by atoms with Crippen LogP contribution < -0.4 is 0 Å². The van der Waals surface area contributed by atoms with Gasteiger partial charge in [0.05, 0.1) is 5.92 Å². The third-order valence-corrected chi connectivity index (χ3v) is 4.70. The Bertz CT molecular complexity index is 385. The van der Waals surface area contributed by atoms with Gasteiger partial charge < -0.3 is 9.53 Å². The van der Waals surface area contributed by atoms with Gasteiger partial charge in [-0.25, -0.2) is 0 Å². The third kappa shape index (κ3) is 1.55. The first-order valence-electron chi connectivity index (χ1n) is 6.58. The lowest BCUT2D eigenvalue weighted by molar-refractivity contribution is -0.142. The number of ether oxygens (including phenoxy) is 1. The van der Waals surface area contributed by atoms with Gasteiger partial charge in [0.2, 0.25) is 0 Å². The van der Waals surface area contributed by atoms with Crippen LogP contribution >= 0.6 is 0 Å². The fourth-order valence-electron chi connectivity index (χ4n) is 3.92. The highest BCUT2D eigenvalue weighted by atomic mass is 16.6. The van der Waals surface area contributed by atoms with Crippen LogP contribution in [-0.2, 0) is 14.3 Å². The molecule has 92 valence electrons. The standard InChI is InChI=1S/C14H18O3/c1-8-13-11(14(16)17-8)6-9-4-2-3-5-10(9)12(13)7-15/h6-8,10-13H,2-5H2,1H3/t8-,10-,11-,12+,13-/m1/s1. The molecular formula is C14H18O3. The quantitative estimate of drug-likeness (QED) is 0.396. The molecule has 0 amide bonds. The Morgan fingerprint density at radius 3 is 3.00 bits per heavy atom. The summed E-state index contributed by atoms with van der Waals surface area (Å²) in [5.74, 6) is 0.142. The Balaban J connectivity index is 2.00. The molecule has 0 bridgehead atoms. The largest absolute Gasteiger partial charge is 0.462 e. The molecule has 1 aliphatic heterocycles. The summed E-state index contributed by atoms with van der Waals surface area (Å²) in [6.07, 6.45) is 7.61. The van der Waals surface area contributed by atoms with Crippen LogP contribution in [0.25, 0.3) is 0 Å². The molecule has 0 aromatic heterocycles. The van der Waals surface area contributed by atoms with Crippen molar-refractivity contribution in [2.24, 2.45) is 23.7 Å². The number of esters is 1. The van der Waals surface area contributed by atoms with Crippen molar-refractivity contribution < 1.29 is 14.3 Å². The summed E-state index contributed by atoms with van der Waals surface area (Å²) in [6, 6.07) is 0. The van der Waals surface area contributed by atoms with Crippen molar-refractivity contribution in [1.82, 2.24) is 0 Å². The molecule has 3 aliphatic rings. The fourth-order valence-corrected chi connectivity index (χ4v) is 3.92. The Hall–Kier alpha value is -1.12. The van der Waals surface area contributed by atoms with E-state index in [4.69, 9.17) is 4.74 Å². The van der Waals surface area contributed by atoms with Gasteiger partial charge in [-0.1, -0.05) is 18.1 Å². The molecule has 1 saturated carbocycles. The summed E-state index contributed by atoms with van der Waals surface area (Å²) in [5, 5.41) is 0. The van der Waals surface area contributed by atoms with Gasteiger partial charge in [0, 0.05) is 11.8 Å². The van der Waals surface area contributed by atoms with Gasteiger partial charge in [0.1, 0.15) is 12.4 Å². The van der Waals surface area contributed by atoms with E-state index < -0.39 is 0 Å². The zero-order valence-corrected chi connectivity index (χ0v) is 10.1. The van der Waals surface area contributed by atoms with Crippen molar-refractivity contribution >= 4 is 12.3 Å². The van der Waals surface area contributed by atoms with E-state index >= 15 is 0 Å². The van der Waals surface area contributed by atoms with Crippen LogP contribution in [0.1, 0.15) is 32.6 Å². The van der Waals surface area contributed by atoms with E-state index in [0.717, 1.165) is 19.1 Å². The number of rotatable bonds is 1. The summed E-state index contributed by atoms with van der Waals surface area (Å²) >= 11 is 0. The van der Waals surface area contributed by atoms with Crippen LogP contribution in [0, 0.1) is 23.7 Å². The average Bonchev–Trinajstić information content (AvgIpc) is 2.62. The molecule has 3 nitrogen and oxygen atoms in total. The molecule has 1 heterocycles. The van der Waals surface area contributed by atoms with Gasteiger partial charge in [-0.2, -0.15) is 0 Å². The SMILES string of the molecule is C[C@H]1OC(=O)[C@@H]2C=C3CCCC[C@H]3[C@H](C=O)[C@H]12. The number of fused-ring (bicyclic) bond motifs is 2. The normalized spacial score (nSPS) is 44.4. The second-order valence-electron chi connectivity index (χ2n) is 5.55. The highest BCUT2D eigenvalue weighted by Gasteiger charge is 2.51. The lowest BCUT2D eigenvalue weighted by Gasteiger charge is -2.39. The summed E-state index contributed by atoms with van der Waals surface area (Å²) in [4.78, 5) is 23.2. The Labute approximate surface area is 101 Å². The van der Waals surface area contributed by atoms with Gasteiger partial charge in [-0.3, -0.25) is 4.79 Å². The van der Waals surface area contributed by atoms with E-state index in [1.165, 1.54) is 18.4 Å².